The molecule has 2 nitrogen and oxygen atoms in total. The van der Waals surface area contributed by atoms with E-state index in [2.05, 4.69) is 0 Å². The number of hydrogen-bond acceptors (Lipinski definition) is 2. The molecule has 0 fully saturated rings. The standard InChI is InChI=1S/C14H15ClO2/c1-10(9-15)17-12-7-6-11-4-3-5-14(16-2)13(11)8-12/h3-8,10H,9H2,1-2H3. The van der Waals surface area contributed by atoms with Crippen LogP contribution < -0.4 is 9.47 Å². The van der Waals surface area contributed by atoms with Gasteiger partial charge in [-0.25, -0.2) is 0 Å². The Balaban J connectivity index is 2.41. The van der Waals surface area contributed by atoms with Crippen LogP contribution in [0.3, 0.4) is 0 Å². The largest absolute Gasteiger partial charge is 0.496 e. The van der Waals surface area contributed by atoms with Crippen LogP contribution in [0.5, 0.6) is 11.5 Å². The van der Waals surface area contributed by atoms with E-state index in [1.807, 2.05) is 43.3 Å². The molecule has 1 atom stereocenters. The molecule has 0 aromatic heterocycles. The maximum absolute atomic E-state index is 5.73. The molecule has 2 aromatic rings. The molecule has 0 radical (unpaired) electrons. The minimum absolute atomic E-state index is 0.00354. The highest BCUT2D eigenvalue weighted by Crippen LogP contribution is 2.29. The van der Waals surface area contributed by atoms with Gasteiger partial charge < -0.3 is 9.47 Å². The maximum atomic E-state index is 5.73. The SMILES string of the molecule is COc1cccc2ccc(OC(C)CCl)cc12. The Morgan fingerprint density at radius 3 is 2.76 bits per heavy atom. The number of hydrogen-bond donors (Lipinski definition) is 0. The van der Waals surface area contributed by atoms with Crippen molar-refractivity contribution >= 4 is 22.4 Å². The van der Waals surface area contributed by atoms with Gasteiger partial charge in [0, 0.05) is 5.39 Å². The van der Waals surface area contributed by atoms with Crippen molar-refractivity contribution in [2.45, 2.75) is 13.0 Å². The van der Waals surface area contributed by atoms with E-state index in [0.29, 0.717) is 5.88 Å². The number of fused-ring (bicyclic) bond motifs is 1. The van der Waals surface area contributed by atoms with Crippen LogP contribution in [0.1, 0.15) is 6.92 Å². The van der Waals surface area contributed by atoms with Gasteiger partial charge in [0.25, 0.3) is 0 Å². The van der Waals surface area contributed by atoms with E-state index in [1.165, 1.54) is 0 Å². The summed E-state index contributed by atoms with van der Waals surface area (Å²) in [5.41, 5.74) is 0. The fourth-order valence-corrected chi connectivity index (χ4v) is 1.80. The van der Waals surface area contributed by atoms with Crippen LogP contribution in [-0.2, 0) is 0 Å². The summed E-state index contributed by atoms with van der Waals surface area (Å²) in [6.45, 7) is 1.94. The van der Waals surface area contributed by atoms with Crippen molar-refractivity contribution in [1.29, 1.82) is 0 Å². The molecular formula is C14H15ClO2. The Bertz CT molecular complexity index is 511. The third-order valence-electron chi connectivity index (χ3n) is 2.59. The maximum Gasteiger partial charge on any atom is 0.126 e. The van der Waals surface area contributed by atoms with Gasteiger partial charge in [-0.05, 0) is 30.5 Å². The van der Waals surface area contributed by atoms with E-state index in [-0.39, 0.29) is 6.10 Å². The van der Waals surface area contributed by atoms with Crippen LogP contribution >= 0.6 is 11.6 Å². The topological polar surface area (TPSA) is 18.5 Å². The summed E-state index contributed by atoms with van der Waals surface area (Å²) in [5.74, 6) is 2.14. The average molecular weight is 251 g/mol. The van der Waals surface area contributed by atoms with E-state index in [1.54, 1.807) is 7.11 Å². The monoisotopic (exact) mass is 250 g/mol. The third kappa shape index (κ3) is 2.64. The highest BCUT2D eigenvalue weighted by atomic mass is 35.5. The van der Waals surface area contributed by atoms with Gasteiger partial charge in [0.05, 0.1) is 13.0 Å². The van der Waals surface area contributed by atoms with Crippen LogP contribution in [0.25, 0.3) is 10.8 Å². The van der Waals surface area contributed by atoms with E-state index >= 15 is 0 Å². The van der Waals surface area contributed by atoms with Crippen LogP contribution in [-0.4, -0.2) is 19.1 Å². The molecular weight excluding hydrogens is 236 g/mol. The molecule has 0 bridgehead atoms. The molecule has 0 aliphatic rings. The van der Waals surface area contributed by atoms with Crippen molar-refractivity contribution in [2.75, 3.05) is 13.0 Å². The van der Waals surface area contributed by atoms with Gasteiger partial charge in [0.1, 0.15) is 17.6 Å². The van der Waals surface area contributed by atoms with E-state index in [4.69, 9.17) is 21.1 Å². The second-order valence-corrected chi connectivity index (χ2v) is 4.23. The molecule has 0 amide bonds. The molecule has 0 saturated heterocycles. The number of rotatable bonds is 4. The van der Waals surface area contributed by atoms with Gasteiger partial charge in [-0.3, -0.25) is 0 Å². The predicted molar refractivity (Wildman–Crippen MR) is 71.3 cm³/mol. The second kappa shape index (κ2) is 5.28. The summed E-state index contributed by atoms with van der Waals surface area (Å²) >= 11 is 5.73. The van der Waals surface area contributed by atoms with Gasteiger partial charge in [-0.15, -0.1) is 11.6 Å². The average Bonchev–Trinajstić information content (AvgIpc) is 2.37. The quantitative estimate of drug-likeness (QED) is 0.768. The molecule has 0 N–H and O–H groups in total. The third-order valence-corrected chi connectivity index (χ3v) is 3.02. The van der Waals surface area contributed by atoms with Gasteiger partial charge in [0.15, 0.2) is 0 Å². The first-order valence-electron chi connectivity index (χ1n) is 5.54. The number of ether oxygens (including phenoxy) is 2. The number of halogens is 1. The molecule has 0 aliphatic carbocycles. The molecule has 17 heavy (non-hydrogen) atoms. The summed E-state index contributed by atoms with van der Waals surface area (Å²) in [4.78, 5) is 0. The lowest BCUT2D eigenvalue weighted by Crippen LogP contribution is -2.12. The fourth-order valence-electron chi connectivity index (χ4n) is 1.74. The molecule has 2 aromatic carbocycles. The van der Waals surface area contributed by atoms with Crippen LogP contribution in [0.4, 0.5) is 0 Å². The Morgan fingerprint density at radius 2 is 2.06 bits per heavy atom. The first-order valence-corrected chi connectivity index (χ1v) is 6.07. The molecule has 0 aliphatic heterocycles. The van der Waals surface area contributed by atoms with Crippen molar-refractivity contribution in [3.8, 4) is 11.5 Å². The summed E-state index contributed by atoms with van der Waals surface area (Å²) < 4.78 is 11.0. The Hall–Kier alpha value is -1.41. The Labute approximate surface area is 106 Å². The van der Waals surface area contributed by atoms with Crippen LogP contribution in [0, 0.1) is 0 Å². The van der Waals surface area contributed by atoms with E-state index in [9.17, 15) is 0 Å². The molecule has 3 heteroatoms. The summed E-state index contributed by atoms with van der Waals surface area (Å²) in [7, 11) is 1.67. The highest BCUT2D eigenvalue weighted by Gasteiger charge is 2.05. The van der Waals surface area contributed by atoms with Crippen LogP contribution in [0.2, 0.25) is 0 Å². The summed E-state index contributed by atoms with van der Waals surface area (Å²) in [6.07, 6.45) is 0.00354. The zero-order chi connectivity index (χ0) is 12.3. The van der Waals surface area contributed by atoms with Crippen LogP contribution in [0.15, 0.2) is 36.4 Å². The Kier molecular flexibility index (Phi) is 3.75. The molecule has 2 rings (SSSR count). The predicted octanol–water partition coefficient (Wildman–Crippen LogP) is 3.85. The highest BCUT2D eigenvalue weighted by molar-refractivity contribution is 6.18. The van der Waals surface area contributed by atoms with Crippen molar-refractivity contribution in [3.05, 3.63) is 36.4 Å². The van der Waals surface area contributed by atoms with Crippen molar-refractivity contribution < 1.29 is 9.47 Å². The first kappa shape index (κ1) is 12.1. The molecule has 90 valence electrons. The number of benzene rings is 2. The van der Waals surface area contributed by atoms with Gasteiger partial charge in [-0.1, -0.05) is 18.2 Å². The number of methoxy groups -OCH3 is 1. The minimum atomic E-state index is 0.00354. The van der Waals surface area contributed by atoms with Gasteiger partial charge in [0.2, 0.25) is 0 Å². The normalized spacial score (nSPS) is 12.4. The van der Waals surface area contributed by atoms with E-state index in [0.717, 1.165) is 22.3 Å². The molecule has 0 heterocycles. The zero-order valence-corrected chi connectivity index (χ0v) is 10.7. The smallest absolute Gasteiger partial charge is 0.126 e. The molecule has 0 saturated carbocycles. The number of alkyl halides is 1. The fraction of sp³-hybridized carbons (Fsp3) is 0.286. The Morgan fingerprint density at radius 1 is 1.24 bits per heavy atom. The lowest BCUT2D eigenvalue weighted by molar-refractivity contribution is 0.246. The lowest BCUT2D eigenvalue weighted by atomic mass is 10.1. The zero-order valence-electron chi connectivity index (χ0n) is 9.94. The molecule has 1 unspecified atom stereocenters. The first-order chi connectivity index (χ1) is 8.24. The molecule has 0 spiro atoms. The lowest BCUT2D eigenvalue weighted by Gasteiger charge is -2.13. The summed E-state index contributed by atoms with van der Waals surface area (Å²) in [5, 5.41) is 2.18. The van der Waals surface area contributed by atoms with Crippen molar-refractivity contribution in [1.82, 2.24) is 0 Å². The van der Waals surface area contributed by atoms with Gasteiger partial charge in [-0.2, -0.15) is 0 Å². The second-order valence-electron chi connectivity index (χ2n) is 3.93. The van der Waals surface area contributed by atoms with Crippen molar-refractivity contribution in [2.24, 2.45) is 0 Å². The summed E-state index contributed by atoms with van der Waals surface area (Å²) in [6, 6.07) is 11.9. The van der Waals surface area contributed by atoms with E-state index < -0.39 is 0 Å². The van der Waals surface area contributed by atoms with Crippen molar-refractivity contribution in [3.63, 3.8) is 0 Å². The van der Waals surface area contributed by atoms with Gasteiger partial charge >= 0.3 is 0 Å². The minimum Gasteiger partial charge on any atom is -0.496 e.